The fourth-order valence-electron chi connectivity index (χ4n) is 2.31. The summed E-state index contributed by atoms with van der Waals surface area (Å²) in [7, 11) is 0. The van der Waals surface area contributed by atoms with Crippen LogP contribution in [0, 0.1) is 5.82 Å². The summed E-state index contributed by atoms with van der Waals surface area (Å²) in [5.41, 5.74) is 5.60. The van der Waals surface area contributed by atoms with E-state index in [0.717, 1.165) is 0 Å². The summed E-state index contributed by atoms with van der Waals surface area (Å²) in [5.74, 6) is -0.933. The van der Waals surface area contributed by atoms with Crippen LogP contribution in [0.4, 0.5) is 10.1 Å². The highest BCUT2D eigenvalue weighted by atomic mass is 35.5. The number of carbonyl (C=O) groups is 1. The Morgan fingerprint density at radius 3 is 2.57 bits per heavy atom. The maximum atomic E-state index is 13.3. The normalized spacial score (nSPS) is 13.5. The lowest BCUT2D eigenvalue weighted by molar-refractivity contribution is -0.122. The molecule has 0 heterocycles. The average Bonchev–Trinajstić information content (AvgIpc) is 2.44. The fourth-order valence-corrected chi connectivity index (χ4v) is 2.50. The van der Waals surface area contributed by atoms with Crippen molar-refractivity contribution in [3.05, 3.63) is 64.9 Å². The maximum Gasteiger partial charge on any atom is 0.247 e. The average molecular weight is 307 g/mol. The van der Waals surface area contributed by atoms with Gasteiger partial charge >= 0.3 is 0 Å². The van der Waals surface area contributed by atoms with Crippen LogP contribution >= 0.6 is 11.6 Å². The SMILES string of the molecule is CCC(Nc1cccc(F)c1)(C(N)=O)c1cccc(Cl)c1. The van der Waals surface area contributed by atoms with Crippen LogP contribution in [-0.2, 0) is 10.3 Å². The van der Waals surface area contributed by atoms with E-state index in [-0.39, 0.29) is 5.82 Å². The minimum Gasteiger partial charge on any atom is -0.368 e. The van der Waals surface area contributed by atoms with E-state index >= 15 is 0 Å². The number of nitrogens with one attached hydrogen (secondary N) is 1. The molecule has 110 valence electrons. The van der Waals surface area contributed by atoms with Crippen LogP contribution in [0.3, 0.4) is 0 Å². The first-order chi connectivity index (χ1) is 9.98. The van der Waals surface area contributed by atoms with Crippen molar-refractivity contribution < 1.29 is 9.18 Å². The summed E-state index contributed by atoms with van der Waals surface area (Å²) >= 11 is 6.00. The molecule has 2 aromatic rings. The van der Waals surface area contributed by atoms with Gasteiger partial charge in [0, 0.05) is 10.7 Å². The summed E-state index contributed by atoms with van der Waals surface area (Å²) in [6, 6.07) is 12.8. The number of hydrogen-bond acceptors (Lipinski definition) is 2. The molecule has 0 saturated carbocycles. The Morgan fingerprint density at radius 2 is 2.00 bits per heavy atom. The van der Waals surface area contributed by atoms with Gasteiger partial charge in [-0.2, -0.15) is 0 Å². The van der Waals surface area contributed by atoms with Crippen molar-refractivity contribution >= 4 is 23.2 Å². The van der Waals surface area contributed by atoms with Crippen LogP contribution in [0.2, 0.25) is 5.02 Å². The molecule has 0 spiro atoms. The molecule has 0 aliphatic heterocycles. The molecule has 0 aliphatic rings. The first-order valence-electron chi connectivity index (χ1n) is 6.57. The third-order valence-electron chi connectivity index (χ3n) is 3.45. The number of carbonyl (C=O) groups excluding carboxylic acids is 1. The van der Waals surface area contributed by atoms with Gasteiger partial charge in [0.05, 0.1) is 0 Å². The Hall–Kier alpha value is -2.07. The van der Waals surface area contributed by atoms with Crippen LogP contribution in [0.15, 0.2) is 48.5 Å². The van der Waals surface area contributed by atoms with E-state index in [1.54, 1.807) is 36.4 Å². The molecule has 1 atom stereocenters. The number of rotatable bonds is 5. The van der Waals surface area contributed by atoms with E-state index in [1.807, 2.05) is 6.92 Å². The van der Waals surface area contributed by atoms with Crippen molar-refractivity contribution in [2.45, 2.75) is 18.9 Å². The Kier molecular flexibility index (Phi) is 4.48. The van der Waals surface area contributed by atoms with E-state index in [1.165, 1.54) is 12.1 Å². The largest absolute Gasteiger partial charge is 0.368 e. The van der Waals surface area contributed by atoms with Crippen LogP contribution in [-0.4, -0.2) is 5.91 Å². The van der Waals surface area contributed by atoms with Gasteiger partial charge in [-0.15, -0.1) is 0 Å². The summed E-state index contributed by atoms with van der Waals surface area (Å²) < 4.78 is 13.3. The highest BCUT2D eigenvalue weighted by Gasteiger charge is 2.37. The highest BCUT2D eigenvalue weighted by molar-refractivity contribution is 6.30. The molecule has 0 aromatic heterocycles. The molecule has 1 amide bonds. The monoisotopic (exact) mass is 306 g/mol. The molecule has 0 saturated heterocycles. The zero-order valence-corrected chi connectivity index (χ0v) is 12.3. The number of nitrogens with two attached hydrogens (primary N) is 1. The number of benzene rings is 2. The molecule has 2 rings (SSSR count). The van der Waals surface area contributed by atoms with E-state index in [2.05, 4.69) is 5.32 Å². The van der Waals surface area contributed by atoms with E-state index in [0.29, 0.717) is 22.7 Å². The highest BCUT2D eigenvalue weighted by Crippen LogP contribution is 2.31. The molecule has 21 heavy (non-hydrogen) atoms. The smallest absolute Gasteiger partial charge is 0.247 e. The number of halogens is 2. The maximum absolute atomic E-state index is 13.3. The lowest BCUT2D eigenvalue weighted by Crippen LogP contribution is -2.47. The molecular formula is C16H16ClFN2O. The number of anilines is 1. The van der Waals surface area contributed by atoms with Gasteiger partial charge in [0.15, 0.2) is 0 Å². The van der Waals surface area contributed by atoms with Gasteiger partial charge in [0.1, 0.15) is 11.4 Å². The van der Waals surface area contributed by atoms with Crippen LogP contribution < -0.4 is 11.1 Å². The van der Waals surface area contributed by atoms with Gasteiger partial charge in [-0.05, 0) is 42.3 Å². The number of amides is 1. The van der Waals surface area contributed by atoms with Crippen molar-refractivity contribution in [3.8, 4) is 0 Å². The minimum absolute atomic E-state index is 0.388. The first kappa shape index (κ1) is 15.3. The Balaban J connectivity index is 2.49. The third kappa shape index (κ3) is 3.16. The summed E-state index contributed by atoms with van der Waals surface area (Å²) in [5, 5.41) is 3.56. The van der Waals surface area contributed by atoms with Crippen molar-refractivity contribution in [3.63, 3.8) is 0 Å². The van der Waals surface area contributed by atoms with E-state index in [4.69, 9.17) is 17.3 Å². The molecule has 0 radical (unpaired) electrons. The molecule has 2 aromatic carbocycles. The Bertz CT molecular complexity index is 662. The molecule has 0 fully saturated rings. The second-order valence-electron chi connectivity index (χ2n) is 4.77. The summed E-state index contributed by atoms with van der Waals surface area (Å²) in [6.45, 7) is 1.83. The second-order valence-corrected chi connectivity index (χ2v) is 5.21. The molecule has 5 heteroatoms. The zero-order valence-electron chi connectivity index (χ0n) is 11.6. The summed E-state index contributed by atoms with van der Waals surface area (Å²) in [4.78, 5) is 12.1. The predicted molar refractivity (Wildman–Crippen MR) is 82.6 cm³/mol. The van der Waals surface area contributed by atoms with E-state index < -0.39 is 11.4 Å². The molecule has 0 bridgehead atoms. The topological polar surface area (TPSA) is 55.1 Å². The third-order valence-corrected chi connectivity index (χ3v) is 3.69. The molecule has 1 unspecified atom stereocenters. The zero-order chi connectivity index (χ0) is 15.5. The first-order valence-corrected chi connectivity index (χ1v) is 6.95. The molecule has 0 aliphatic carbocycles. The molecule has 3 N–H and O–H groups in total. The lowest BCUT2D eigenvalue weighted by atomic mass is 9.86. The van der Waals surface area contributed by atoms with Crippen molar-refractivity contribution in [1.29, 1.82) is 0 Å². The molecular weight excluding hydrogens is 291 g/mol. The molecule has 3 nitrogen and oxygen atoms in total. The predicted octanol–water partition coefficient (Wildman–Crippen LogP) is 3.68. The van der Waals surface area contributed by atoms with Crippen LogP contribution in [0.1, 0.15) is 18.9 Å². The fraction of sp³-hybridized carbons (Fsp3) is 0.188. The van der Waals surface area contributed by atoms with E-state index in [9.17, 15) is 9.18 Å². The van der Waals surface area contributed by atoms with Gasteiger partial charge in [0.2, 0.25) is 5.91 Å². The van der Waals surface area contributed by atoms with Gasteiger partial charge in [-0.25, -0.2) is 4.39 Å². The van der Waals surface area contributed by atoms with Gasteiger partial charge in [-0.3, -0.25) is 4.79 Å². The quantitative estimate of drug-likeness (QED) is 0.885. The van der Waals surface area contributed by atoms with Gasteiger partial charge in [-0.1, -0.05) is 36.7 Å². The van der Waals surface area contributed by atoms with Gasteiger partial charge < -0.3 is 11.1 Å². The van der Waals surface area contributed by atoms with Crippen molar-refractivity contribution in [1.82, 2.24) is 0 Å². The van der Waals surface area contributed by atoms with Crippen molar-refractivity contribution in [2.75, 3.05) is 5.32 Å². The lowest BCUT2D eigenvalue weighted by Gasteiger charge is -2.32. The standard InChI is InChI=1S/C16H16ClFN2O/c1-2-16(15(19)21,11-5-3-6-12(17)9-11)20-14-8-4-7-13(18)10-14/h3-10,20H,2H2,1H3,(H2,19,21). The Labute approximate surface area is 127 Å². The van der Waals surface area contributed by atoms with Gasteiger partial charge in [0.25, 0.3) is 0 Å². The van der Waals surface area contributed by atoms with Crippen molar-refractivity contribution in [2.24, 2.45) is 5.73 Å². The minimum atomic E-state index is -1.14. The number of primary amides is 1. The number of hydrogen-bond donors (Lipinski definition) is 2. The Morgan fingerprint density at radius 1 is 1.29 bits per heavy atom. The van der Waals surface area contributed by atoms with Crippen LogP contribution in [0.25, 0.3) is 0 Å². The van der Waals surface area contributed by atoms with Crippen LogP contribution in [0.5, 0.6) is 0 Å². The second kappa shape index (κ2) is 6.14. The summed E-state index contributed by atoms with van der Waals surface area (Å²) in [6.07, 6.45) is 0.402.